The van der Waals surface area contributed by atoms with Gasteiger partial charge < -0.3 is 10.2 Å². The third-order valence-corrected chi connectivity index (χ3v) is 5.00. The predicted octanol–water partition coefficient (Wildman–Crippen LogP) is 5.70. The Morgan fingerprint density at radius 1 is 1.10 bits per heavy atom. The molecule has 2 aromatic carbocycles. The summed E-state index contributed by atoms with van der Waals surface area (Å²) in [5.74, 6) is -0.112. The molecule has 1 aliphatic heterocycles. The van der Waals surface area contributed by atoms with Gasteiger partial charge in [0.25, 0.3) is 0 Å². The molecule has 0 bridgehead atoms. The van der Waals surface area contributed by atoms with Gasteiger partial charge in [0.15, 0.2) is 0 Å². The van der Waals surface area contributed by atoms with Crippen molar-refractivity contribution in [3.05, 3.63) is 101 Å². The average molecular weight is 385 g/mol. The SMILES string of the molecule is C/C=C\c1c(CC)cccc1/C(=C\C(=O)NC)c1ccc(N2C=CCC=C2)cc1. The van der Waals surface area contributed by atoms with Crippen LogP contribution in [0, 0.1) is 0 Å². The number of nitrogens with one attached hydrogen (secondary N) is 1. The zero-order chi connectivity index (χ0) is 20.6. The molecule has 1 N–H and O–H groups in total. The number of carbonyl (C=O) groups is 1. The summed E-state index contributed by atoms with van der Waals surface area (Å²) in [4.78, 5) is 14.4. The van der Waals surface area contributed by atoms with E-state index in [0.29, 0.717) is 0 Å². The van der Waals surface area contributed by atoms with E-state index in [1.807, 2.05) is 13.0 Å². The first kappa shape index (κ1) is 20.4. The standard InChI is InChI=1S/C26H28N2O/c1-4-10-23-20(5-2)11-9-12-24(23)25(19-26(29)27-3)21-13-15-22(16-14-21)28-17-7-6-8-18-28/h4,7-19H,5-6H2,1-3H3,(H,27,29)/b10-4-,25-19-. The first-order chi connectivity index (χ1) is 14.2. The van der Waals surface area contributed by atoms with Crippen molar-refractivity contribution < 1.29 is 4.79 Å². The van der Waals surface area contributed by atoms with Crippen LogP contribution in [-0.4, -0.2) is 13.0 Å². The fourth-order valence-corrected chi connectivity index (χ4v) is 3.50. The maximum Gasteiger partial charge on any atom is 0.244 e. The van der Waals surface area contributed by atoms with Crippen molar-refractivity contribution in [2.45, 2.75) is 26.7 Å². The zero-order valence-corrected chi connectivity index (χ0v) is 17.4. The van der Waals surface area contributed by atoms with Crippen molar-refractivity contribution >= 4 is 23.2 Å². The summed E-state index contributed by atoms with van der Waals surface area (Å²) in [5.41, 5.74) is 6.53. The van der Waals surface area contributed by atoms with Crippen LogP contribution in [0.1, 0.15) is 42.5 Å². The summed E-state index contributed by atoms with van der Waals surface area (Å²) >= 11 is 0. The molecule has 0 saturated heterocycles. The summed E-state index contributed by atoms with van der Waals surface area (Å²) in [5, 5.41) is 2.72. The number of allylic oxidation sites excluding steroid dienone is 3. The molecule has 0 saturated carbocycles. The van der Waals surface area contributed by atoms with Gasteiger partial charge >= 0.3 is 0 Å². The van der Waals surface area contributed by atoms with Crippen molar-refractivity contribution in [2.24, 2.45) is 0 Å². The minimum absolute atomic E-state index is 0.112. The van der Waals surface area contributed by atoms with E-state index in [-0.39, 0.29) is 5.91 Å². The smallest absolute Gasteiger partial charge is 0.244 e. The van der Waals surface area contributed by atoms with Crippen LogP contribution in [0.25, 0.3) is 11.6 Å². The van der Waals surface area contributed by atoms with Gasteiger partial charge in [-0.3, -0.25) is 4.79 Å². The molecule has 0 spiro atoms. The van der Waals surface area contributed by atoms with Gasteiger partial charge in [0.2, 0.25) is 5.91 Å². The molecule has 1 aliphatic rings. The number of amides is 1. The van der Waals surface area contributed by atoms with E-state index in [4.69, 9.17) is 0 Å². The molecule has 0 aliphatic carbocycles. The van der Waals surface area contributed by atoms with Crippen LogP contribution >= 0.6 is 0 Å². The molecule has 3 nitrogen and oxygen atoms in total. The lowest BCUT2D eigenvalue weighted by Crippen LogP contribution is -2.15. The van der Waals surface area contributed by atoms with Gasteiger partial charge in [-0.1, -0.05) is 61.6 Å². The molecule has 29 heavy (non-hydrogen) atoms. The number of benzene rings is 2. The Hall–Kier alpha value is -3.33. The quantitative estimate of drug-likeness (QED) is 0.648. The fourth-order valence-electron chi connectivity index (χ4n) is 3.50. The van der Waals surface area contributed by atoms with Gasteiger partial charge in [0.05, 0.1) is 0 Å². The van der Waals surface area contributed by atoms with E-state index in [1.54, 1.807) is 13.1 Å². The van der Waals surface area contributed by atoms with Crippen LogP contribution in [0.15, 0.2) is 79.2 Å². The van der Waals surface area contributed by atoms with Crippen molar-refractivity contribution in [2.75, 3.05) is 11.9 Å². The number of carbonyl (C=O) groups excluding carboxylic acids is 1. The second kappa shape index (κ2) is 9.74. The zero-order valence-electron chi connectivity index (χ0n) is 17.4. The lowest BCUT2D eigenvalue weighted by atomic mass is 9.89. The largest absolute Gasteiger partial charge is 0.356 e. The Morgan fingerprint density at radius 2 is 1.83 bits per heavy atom. The second-order valence-electron chi connectivity index (χ2n) is 6.86. The van der Waals surface area contributed by atoms with Crippen LogP contribution in [-0.2, 0) is 11.2 Å². The molecule has 0 unspecified atom stereocenters. The maximum absolute atomic E-state index is 12.3. The molecule has 2 aromatic rings. The van der Waals surface area contributed by atoms with Crippen molar-refractivity contribution in [1.82, 2.24) is 5.32 Å². The maximum atomic E-state index is 12.3. The number of aryl methyl sites for hydroxylation is 1. The van der Waals surface area contributed by atoms with E-state index < -0.39 is 0 Å². The topological polar surface area (TPSA) is 32.3 Å². The average Bonchev–Trinajstić information content (AvgIpc) is 2.78. The van der Waals surface area contributed by atoms with Crippen LogP contribution < -0.4 is 10.2 Å². The third kappa shape index (κ3) is 4.75. The summed E-state index contributed by atoms with van der Waals surface area (Å²) in [6, 6.07) is 14.6. The molecule has 0 aromatic heterocycles. The van der Waals surface area contributed by atoms with E-state index >= 15 is 0 Å². The van der Waals surface area contributed by atoms with E-state index in [0.717, 1.165) is 35.2 Å². The lowest BCUT2D eigenvalue weighted by Gasteiger charge is -2.19. The van der Waals surface area contributed by atoms with Crippen molar-refractivity contribution in [3.63, 3.8) is 0 Å². The number of hydrogen-bond acceptors (Lipinski definition) is 2. The van der Waals surface area contributed by atoms with Gasteiger partial charge in [-0.05, 0) is 59.7 Å². The Labute approximate surface area is 173 Å². The Morgan fingerprint density at radius 3 is 2.45 bits per heavy atom. The fraction of sp³-hybridized carbons (Fsp3) is 0.192. The number of anilines is 1. The lowest BCUT2D eigenvalue weighted by molar-refractivity contribution is -0.116. The summed E-state index contributed by atoms with van der Waals surface area (Å²) in [7, 11) is 1.66. The van der Waals surface area contributed by atoms with Crippen molar-refractivity contribution in [1.29, 1.82) is 0 Å². The highest BCUT2D eigenvalue weighted by molar-refractivity contribution is 6.00. The van der Waals surface area contributed by atoms with Crippen LogP contribution in [0.2, 0.25) is 0 Å². The summed E-state index contributed by atoms with van der Waals surface area (Å²) in [6.45, 7) is 4.18. The number of nitrogens with zero attached hydrogens (tertiary/aromatic N) is 1. The molecular formula is C26H28N2O. The predicted molar refractivity (Wildman–Crippen MR) is 123 cm³/mol. The molecule has 0 radical (unpaired) electrons. The number of hydrogen-bond donors (Lipinski definition) is 1. The van der Waals surface area contributed by atoms with Crippen LogP contribution in [0.3, 0.4) is 0 Å². The highest BCUT2D eigenvalue weighted by atomic mass is 16.1. The monoisotopic (exact) mass is 384 g/mol. The van der Waals surface area contributed by atoms with E-state index in [1.165, 1.54) is 11.1 Å². The van der Waals surface area contributed by atoms with Gasteiger partial charge in [0, 0.05) is 31.2 Å². The van der Waals surface area contributed by atoms with Gasteiger partial charge in [0.1, 0.15) is 0 Å². The summed E-state index contributed by atoms with van der Waals surface area (Å²) < 4.78 is 0. The minimum atomic E-state index is -0.112. The van der Waals surface area contributed by atoms with Gasteiger partial charge in [-0.15, -0.1) is 0 Å². The van der Waals surface area contributed by atoms with Crippen molar-refractivity contribution in [3.8, 4) is 0 Å². The first-order valence-electron chi connectivity index (χ1n) is 10.1. The van der Waals surface area contributed by atoms with E-state index in [9.17, 15) is 4.79 Å². The Balaban J connectivity index is 2.09. The molecule has 148 valence electrons. The van der Waals surface area contributed by atoms with Gasteiger partial charge in [-0.2, -0.15) is 0 Å². The van der Waals surface area contributed by atoms with Crippen LogP contribution in [0.4, 0.5) is 5.69 Å². The molecule has 1 heterocycles. The first-order valence-corrected chi connectivity index (χ1v) is 10.1. The molecule has 1 amide bonds. The normalized spacial score (nSPS) is 13.9. The third-order valence-electron chi connectivity index (χ3n) is 5.00. The molecule has 0 fully saturated rings. The molecule has 3 heteroatoms. The Kier molecular flexibility index (Phi) is 6.85. The number of likely N-dealkylation sites (N-methyl/N-ethyl adjacent to an activating group) is 1. The Bertz CT molecular complexity index is 966. The minimum Gasteiger partial charge on any atom is -0.356 e. The van der Waals surface area contributed by atoms with Gasteiger partial charge in [-0.25, -0.2) is 0 Å². The van der Waals surface area contributed by atoms with E-state index in [2.05, 4.69) is 90.2 Å². The molecular weight excluding hydrogens is 356 g/mol. The number of rotatable bonds is 6. The highest BCUT2D eigenvalue weighted by Gasteiger charge is 2.13. The highest BCUT2D eigenvalue weighted by Crippen LogP contribution is 2.31. The molecule has 3 rings (SSSR count). The summed E-state index contributed by atoms with van der Waals surface area (Å²) in [6.07, 6.45) is 16.2. The van der Waals surface area contributed by atoms with Crippen LogP contribution in [0.5, 0.6) is 0 Å². The molecule has 0 atom stereocenters. The second-order valence-corrected chi connectivity index (χ2v) is 6.86.